The van der Waals surface area contributed by atoms with E-state index in [0.29, 0.717) is 5.75 Å². The Morgan fingerprint density at radius 1 is 1.07 bits per heavy atom. The molecule has 7 nitrogen and oxygen atoms in total. The van der Waals surface area contributed by atoms with Gasteiger partial charge >= 0.3 is 5.97 Å². The maximum absolute atomic E-state index is 12.9. The number of rotatable bonds is 5. The van der Waals surface area contributed by atoms with E-state index in [-0.39, 0.29) is 30.1 Å². The van der Waals surface area contributed by atoms with Crippen LogP contribution in [0.5, 0.6) is 5.75 Å². The number of hydrogen-bond donors (Lipinski definition) is 2. The van der Waals surface area contributed by atoms with Gasteiger partial charge in [-0.05, 0) is 19.1 Å². The highest BCUT2D eigenvalue weighted by atomic mass is 16.6. The quantitative estimate of drug-likeness (QED) is 0.600. The van der Waals surface area contributed by atoms with Crippen molar-refractivity contribution in [1.29, 1.82) is 0 Å². The van der Waals surface area contributed by atoms with Crippen LogP contribution in [0.25, 0.3) is 0 Å². The third kappa shape index (κ3) is 2.47. The molecule has 7 heteroatoms. The van der Waals surface area contributed by atoms with E-state index in [9.17, 15) is 19.8 Å². The second-order valence-corrected chi connectivity index (χ2v) is 6.83. The highest BCUT2D eigenvalue weighted by molar-refractivity contribution is 6.18. The number of aliphatic imine (C=N–C) groups is 1. The smallest absolute Gasteiger partial charge is 0.318 e. The fraction of sp³-hybridized carbons (Fsp3) is 0.286. The molecule has 2 aromatic rings. The molecular formula is C21H19NO6. The SMILES string of the molecule is CC1=N[C@@]2(O)c3ccccc3C(=O)[C@@]2(O)C1C(=O)OCCOc1ccccc1. The number of ketones is 1. The third-order valence-corrected chi connectivity index (χ3v) is 5.17. The van der Waals surface area contributed by atoms with Crippen LogP contribution in [0.3, 0.4) is 0 Å². The van der Waals surface area contributed by atoms with E-state index >= 15 is 0 Å². The van der Waals surface area contributed by atoms with Crippen LogP contribution in [0.1, 0.15) is 22.8 Å². The van der Waals surface area contributed by atoms with Gasteiger partial charge in [-0.15, -0.1) is 0 Å². The van der Waals surface area contributed by atoms with Gasteiger partial charge in [-0.25, -0.2) is 0 Å². The number of carbonyl (C=O) groups is 2. The van der Waals surface area contributed by atoms with Crippen molar-refractivity contribution in [2.24, 2.45) is 10.9 Å². The summed E-state index contributed by atoms with van der Waals surface area (Å²) in [5, 5.41) is 22.2. The lowest BCUT2D eigenvalue weighted by Gasteiger charge is -2.31. The Morgan fingerprint density at radius 2 is 1.75 bits per heavy atom. The number of para-hydroxylation sites is 1. The summed E-state index contributed by atoms with van der Waals surface area (Å²) in [5.41, 5.74) is -4.15. The van der Waals surface area contributed by atoms with Gasteiger partial charge in [0.15, 0.2) is 5.60 Å². The van der Waals surface area contributed by atoms with Crippen LogP contribution in [0.2, 0.25) is 0 Å². The van der Waals surface area contributed by atoms with Crippen LogP contribution in [-0.2, 0) is 15.3 Å². The zero-order chi connectivity index (χ0) is 19.9. The molecule has 0 spiro atoms. The van der Waals surface area contributed by atoms with E-state index in [1.807, 2.05) is 18.2 Å². The number of Topliss-reactive ketones (excluding diaryl/α,β-unsaturated/α-hetero) is 1. The van der Waals surface area contributed by atoms with E-state index < -0.39 is 29.0 Å². The average Bonchev–Trinajstić information content (AvgIpc) is 3.01. The lowest BCUT2D eigenvalue weighted by Crippen LogP contribution is -2.56. The van der Waals surface area contributed by atoms with Crippen molar-refractivity contribution in [3.05, 3.63) is 65.7 Å². The predicted octanol–water partition coefficient (Wildman–Crippen LogP) is 1.47. The molecule has 1 aliphatic carbocycles. The molecule has 0 saturated carbocycles. The summed E-state index contributed by atoms with van der Waals surface area (Å²) in [7, 11) is 0. The van der Waals surface area contributed by atoms with Gasteiger partial charge in [0.25, 0.3) is 0 Å². The van der Waals surface area contributed by atoms with Crippen LogP contribution in [0.4, 0.5) is 0 Å². The second kappa shape index (κ2) is 6.54. The number of carbonyl (C=O) groups excluding carboxylic acids is 2. The van der Waals surface area contributed by atoms with E-state index in [1.165, 1.54) is 19.1 Å². The first-order valence-electron chi connectivity index (χ1n) is 8.89. The Labute approximate surface area is 161 Å². The molecule has 2 N–H and O–H groups in total. The summed E-state index contributed by atoms with van der Waals surface area (Å²) < 4.78 is 10.7. The zero-order valence-corrected chi connectivity index (χ0v) is 15.2. The molecule has 28 heavy (non-hydrogen) atoms. The number of hydrogen-bond acceptors (Lipinski definition) is 7. The minimum absolute atomic E-state index is 0.0762. The molecule has 0 amide bonds. The molecule has 1 aliphatic heterocycles. The van der Waals surface area contributed by atoms with E-state index in [4.69, 9.17) is 9.47 Å². The first-order chi connectivity index (χ1) is 13.4. The van der Waals surface area contributed by atoms with Crippen molar-refractivity contribution in [1.82, 2.24) is 0 Å². The van der Waals surface area contributed by atoms with Crippen molar-refractivity contribution in [2.45, 2.75) is 18.2 Å². The normalized spacial score (nSPS) is 27.8. The molecule has 0 bridgehead atoms. The molecule has 1 unspecified atom stereocenters. The Balaban J connectivity index is 1.50. The molecule has 144 valence electrons. The second-order valence-electron chi connectivity index (χ2n) is 6.83. The highest BCUT2D eigenvalue weighted by Crippen LogP contribution is 2.53. The Kier molecular flexibility index (Phi) is 4.28. The van der Waals surface area contributed by atoms with Crippen molar-refractivity contribution in [3.63, 3.8) is 0 Å². The molecule has 4 rings (SSSR count). The fourth-order valence-electron chi connectivity index (χ4n) is 3.90. The van der Waals surface area contributed by atoms with Gasteiger partial charge in [0, 0.05) is 16.8 Å². The first-order valence-corrected chi connectivity index (χ1v) is 8.89. The van der Waals surface area contributed by atoms with E-state index in [1.54, 1.807) is 24.3 Å². The zero-order valence-electron chi connectivity index (χ0n) is 15.2. The van der Waals surface area contributed by atoms with E-state index in [2.05, 4.69) is 4.99 Å². The maximum Gasteiger partial charge on any atom is 0.318 e. The van der Waals surface area contributed by atoms with Crippen molar-refractivity contribution in [3.8, 4) is 5.75 Å². The van der Waals surface area contributed by atoms with Gasteiger partial charge in [0.05, 0.1) is 0 Å². The molecule has 0 fully saturated rings. The minimum atomic E-state index is -2.42. The number of fused-ring (bicyclic) bond motifs is 3. The summed E-state index contributed by atoms with van der Waals surface area (Å²) >= 11 is 0. The topological polar surface area (TPSA) is 105 Å². The Bertz CT molecular complexity index is 972. The van der Waals surface area contributed by atoms with Gasteiger partial charge in [-0.2, -0.15) is 0 Å². The largest absolute Gasteiger partial charge is 0.490 e. The van der Waals surface area contributed by atoms with Crippen LogP contribution in [0.15, 0.2) is 59.6 Å². The van der Waals surface area contributed by atoms with Crippen LogP contribution >= 0.6 is 0 Å². The van der Waals surface area contributed by atoms with Gasteiger partial charge in [0.1, 0.15) is 24.9 Å². The van der Waals surface area contributed by atoms with E-state index in [0.717, 1.165) is 0 Å². The molecule has 2 aliphatic rings. The molecule has 1 heterocycles. The molecule has 0 radical (unpaired) electrons. The number of esters is 1. The van der Waals surface area contributed by atoms with Crippen molar-refractivity contribution in [2.75, 3.05) is 13.2 Å². The summed E-state index contributed by atoms with van der Waals surface area (Å²) in [5.74, 6) is -2.34. The molecule has 3 atom stereocenters. The molecule has 2 aromatic carbocycles. The average molecular weight is 381 g/mol. The number of nitrogens with zero attached hydrogens (tertiary/aromatic N) is 1. The number of aliphatic hydroxyl groups is 2. The van der Waals surface area contributed by atoms with Gasteiger partial charge < -0.3 is 19.7 Å². The maximum atomic E-state index is 12.9. The molecule has 0 saturated heterocycles. The lowest BCUT2D eigenvalue weighted by molar-refractivity contribution is -0.165. The fourth-order valence-corrected chi connectivity index (χ4v) is 3.90. The predicted molar refractivity (Wildman–Crippen MR) is 99.1 cm³/mol. The van der Waals surface area contributed by atoms with Crippen molar-refractivity contribution >= 4 is 17.5 Å². The lowest BCUT2D eigenvalue weighted by atomic mass is 9.79. The van der Waals surface area contributed by atoms with Crippen LogP contribution in [-0.4, -0.2) is 46.5 Å². The van der Waals surface area contributed by atoms with Crippen LogP contribution in [0, 0.1) is 5.92 Å². The summed E-state index contributed by atoms with van der Waals surface area (Å²) in [4.78, 5) is 29.6. The highest BCUT2D eigenvalue weighted by Gasteiger charge is 2.72. The summed E-state index contributed by atoms with van der Waals surface area (Å²) in [6, 6.07) is 15.3. The van der Waals surface area contributed by atoms with Crippen LogP contribution < -0.4 is 4.74 Å². The number of ether oxygens (including phenoxy) is 2. The summed E-state index contributed by atoms with van der Waals surface area (Å²) in [6.45, 7) is 1.51. The van der Waals surface area contributed by atoms with Gasteiger partial charge in [0.2, 0.25) is 11.5 Å². The Hall–Kier alpha value is -3.03. The third-order valence-electron chi connectivity index (χ3n) is 5.17. The minimum Gasteiger partial charge on any atom is -0.490 e. The first kappa shape index (κ1) is 18.3. The summed E-state index contributed by atoms with van der Waals surface area (Å²) in [6.07, 6.45) is 0. The molecule has 0 aromatic heterocycles. The number of benzene rings is 2. The van der Waals surface area contributed by atoms with Gasteiger partial charge in [-0.1, -0.05) is 42.5 Å². The molecular weight excluding hydrogens is 362 g/mol. The van der Waals surface area contributed by atoms with Crippen molar-refractivity contribution < 1.29 is 29.3 Å². The monoisotopic (exact) mass is 381 g/mol. The standard InChI is InChI=1S/C21H19NO6/c1-13-17(19(24)28-12-11-27-14-7-3-2-4-8-14)20(25)18(23)15-9-5-6-10-16(15)21(20,26)22-13/h2-10,17,25-26H,11-12H2,1H3/t17?,20-,21+/m0/s1. The Morgan fingerprint density at radius 3 is 2.50 bits per heavy atom. The van der Waals surface area contributed by atoms with Gasteiger partial charge in [-0.3, -0.25) is 14.6 Å².